The highest BCUT2D eigenvalue weighted by atomic mass is 16.6. The van der Waals surface area contributed by atoms with Crippen LogP contribution in [0.2, 0.25) is 0 Å². The highest BCUT2D eigenvalue weighted by molar-refractivity contribution is 5.85. The average molecular weight is 305 g/mol. The van der Waals surface area contributed by atoms with Crippen molar-refractivity contribution in [2.75, 3.05) is 26.3 Å². The fourth-order valence-electron chi connectivity index (χ4n) is 2.42. The largest absolute Gasteiger partial charge is 0.463 e. The maximum Gasteiger partial charge on any atom is 0.344 e. The second-order valence-electron chi connectivity index (χ2n) is 5.05. The van der Waals surface area contributed by atoms with Crippen LogP contribution in [0, 0.1) is 0 Å². The van der Waals surface area contributed by atoms with Gasteiger partial charge in [-0.2, -0.15) is 0 Å². The molecular weight excluding hydrogens is 286 g/mol. The first-order chi connectivity index (χ1) is 10.6. The van der Waals surface area contributed by atoms with Crippen LogP contribution in [-0.4, -0.2) is 49.0 Å². The van der Waals surface area contributed by atoms with Crippen LogP contribution >= 0.6 is 0 Å². The number of rotatable bonds is 6. The van der Waals surface area contributed by atoms with Crippen molar-refractivity contribution in [2.24, 2.45) is 0 Å². The second-order valence-corrected chi connectivity index (χ2v) is 5.05. The molecule has 1 aromatic rings. The number of carbonyl (C=O) groups excluding carboxylic acids is 3. The van der Waals surface area contributed by atoms with Gasteiger partial charge < -0.3 is 14.4 Å². The predicted molar refractivity (Wildman–Crippen MR) is 78.0 cm³/mol. The first-order valence-corrected chi connectivity index (χ1v) is 7.24. The molecule has 1 aliphatic rings. The number of hydrogen-bond acceptors (Lipinski definition) is 5. The first-order valence-electron chi connectivity index (χ1n) is 7.24. The third-order valence-corrected chi connectivity index (χ3v) is 3.46. The summed E-state index contributed by atoms with van der Waals surface area (Å²) >= 11 is 0. The zero-order valence-corrected chi connectivity index (χ0v) is 12.5. The highest BCUT2D eigenvalue weighted by Crippen LogP contribution is 2.27. The molecule has 1 heterocycles. The molecule has 0 spiro atoms. The lowest BCUT2D eigenvalue weighted by molar-refractivity contribution is -0.159. The number of ether oxygens (including phenoxy) is 2. The Balaban J connectivity index is 1.82. The van der Waals surface area contributed by atoms with Gasteiger partial charge in [-0.15, -0.1) is 0 Å². The van der Waals surface area contributed by atoms with Gasteiger partial charge >= 0.3 is 11.9 Å². The summed E-state index contributed by atoms with van der Waals surface area (Å²) in [6, 6.07) is 9.72. The summed E-state index contributed by atoms with van der Waals surface area (Å²) in [5, 5.41) is 0. The summed E-state index contributed by atoms with van der Waals surface area (Å²) in [7, 11) is 0. The molecule has 6 nitrogen and oxygen atoms in total. The van der Waals surface area contributed by atoms with E-state index in [1.165, 1.54) is 4.90 Å². The van der Waals surface area contributed by atoms with Crippen molar-refractivity contribution >= 4 is 17.8 Å². The molecule has 6 heteroatoms. The Morgan fingerprint density at radius 3 is 2.59 bits per heavy atom. The third kappa shape index (κ3) is 4.31. The van der Waals surface area contributed by atoms with Crippen molar-refractivity contribution in [3.05, 3.63) is 35.9 Å². The maximum absolute atomic E-state index is 12.0. The number of amides is 1. The lowest BCUT2D eigenvalue weighted by Crippen LogP contribution is -2.33. The van der Waals surface area contributed by atoms with E-state index < -0.39 is 18.5 Å². The molecule has 0 radical (unpaired) electrons. The van der Waals surface area contributed by atoms with Crippen molar-refractivity contribution in [3.63, 3.8) is 0 Å². The molecule has 0 bridgehead atoms. The molecule has 2 rings (SSSR count). The lowest BCUT2D eigenvalue weighted by atomic mass is 9.99. The molecular formula is C16H19NO5. The molecule has 0 aromatic heterocycles. The van der Waals surface area contributed by atoms with E-state index >= 15 is 0 Å². The van der Waals surface area contributed by atoms with Gasteiger partial charge in [0.05, 0.1) is 6.61 Å². The van der Waals surface area contributed by atoms with Crippen molar-refractivity contribution in [1.82, 2.24) is 4.90 Å². The van der Waals surface area contributed by atoms with Crippen LogP contribution < -0.4 is 0 Å². The summed E-state index contributed by atoms with van der Waals surface area (Å²) in [6.07, 6.45) is 0.384. The van der Waals surface area contributed by atoms with Gasteiger partial charge in [0.2, 0.25) is 5.91 Å². The average Bonchev–Trinajstić information content (AvgIpc) is 2.87. The Kier molecular flexibility index (Phi) is 5.52. The van der Waals surface area contributed by atoms with Gasteiger partial charge in [-0.1, -0.05) is 30.3 Å². The SMILES string of the molecule is CCOC(=O)COC(=O)CN1CC(c2ccccc2)CC1=O. The van der Waals surface area contributed by atoms with E-state index in [-0.39, 0.29) is 25.0 Å². The van der Waals surface area contributed by atoms with Crippen LogP contribution in [0.4, 0.5) is 0 Å². The van der Waals surface area contributed by atoms with Crippen LogP contribution in [0.3, 0.4) is 0 Å². The van der Waals surface area contributed by atoms with Crippen molar-refractivity contribution in [3.8, 4) is 0 Å². The normalized spacial score (nSPS) is 17.4. The number of hydrogen-bond donors (Lipinski definition) is 0. The summed E-state index contributed by atoms with van der Waals surface area (Å²) in [6.45, 7) is 1.84. The summed E-state index contributed by atoms with van der Waals surface area (Å²) in [5.74, 6) is -1.19. The van der Waals surface area contributed by atoms with E-state index in [0.29, 0.717) is 13.0 Å². The van der Waals surface area contributed by atoms with Crippen LogP contribution in [0.15, 0.2) is 30.3 Å². The Bertz CT molecular complexity index is 543. The molecule has 1 atom stereocenters. The number of carbonyl (C=O) groups is 3. The Morgan fingerprint density at radius 2 is 1.91 bits per heavy atom. The molecule has 1 saturated heterocycles. The Hall–Kier alpha value is -2.37. The summed E-state index contributed by atoms with van der Waals surface area (Å²) in [4.78, 5) is 36.2. The smallest absolute Gasteiger partial charge is 0.344 e. The molecule has 22 heavy (non-hydrogen) atoms. The van der Waals surface area contributed by atoms with E-state index in [1.807, 2.05) is 30.3 Å². The van der Waals surface area contributed by atoms with Crippen LogP contribution in [-0.2, 0) is 23.9 Å². The fourth-order valence-corrected chi connectivity index (χ4v) is 2.42. The van der Waals surface area contributed by atoms with Gasteiger partial charge in [-0.25, -0.2) is 4.79 Å². The second kappa shape index (κ2) is 7.59. The fraction of sp³-hybridized carbons (Fsp3) is 0.438. The van der Waals surface area contributed by atoms with Crippen molar-refractivity contribution in [1.29, 1.82) is 0 Å². The quantitative estimate of drug-likeness (QED) is 0.736. The molecule has 118 valence electrons. The number of likely N-dealkylation sites (tertiary alicyclic amines) is 1. The van der Waals surface area contributed by atoms with Gasteiger partial charge in [-0.05, 0) is 12.5 Å². The van der Waals surface area contributed by atoms with E-state index in [1.54, 1.807) is 6.92 Å². The Labute approximate surface area is 129 Å². The van der Waals surface area contributed by atoms with E-state index in [9.17, 15) is 14.4 Å². The van der Waals surface area contributed by atoms with Gasteiger partial charge in [-0.3, -0.25) is 9.59 Å². The molecule has 1 unspecified atom stereocenters. The summed E-state index contributed by atoms with van der Waals surface area (Å²) < 4.78 is 9.46. The van der Waals surface area contributed by atoms with Crippen LogP contribution in [0.5, 0.6) is 0 Å². The number of nitrogens with zero attached hydrogens (tertiary/aromatic N) is 1. The molecule has 0 saturated carbocycles. The minimum Gasteiger partial charge on any atom is -0.463 e. The molecule has 1 fully saturated rings. The van der Waals surface area contributed by atoms with Gasteiger partial charge in [0.25, 0.3) is 0 Å². The van der Waals surface area contributed by atoms with Gasteiger partial charge in [0, 0.05) is 18.9 Å². The van der Waals surface area contributed by atoms with E-state index in [0.717, 1.165) is 5.56 Å². The monoisotopic (exact) mass is 305 g/mol. The zero-order chi connectivity index (χ0) is 15.9. The van der Waals surface area contributed by atoms with Crippen LogP contribution in [0.1, 0.15) is 24.8 Å². The molecule has 1 aliphatic heterocycles. The summed E-state index contributed by atoms with van der Waals surface area (Å²) in [5.41, 5.74) is 1.08. The van der Waals surface area contributed by atoms with Crippen LogP contribution in [0.25, 0.3) is 0 Å². The van der Waals surface area contributed by atoms with E-state index in [4.69, 9.17) is 4.74 Å². The predicted octanol–water partition coefficient (Wildman–Crippen LogP) is 1.11. The third-order valence-electron chi connectivity index (χ3n) is 3.46. The Morgan fingerprint density at radius 1 is 1.18 bits per heavy atom. The topological polar surface area (TPSA) is 72.9 Å². The maximum atomic E-state index is 12.0. The first kappa shape index (κ1) is 16.0. The lowest BCUT2D eigenvalue weighted by Gasteiger charge is -2.15. The van der Waals surface area contributed by atoms with Gasteiger partial charge in [0.1, 0.15) is 6.54 Å². The minimum atomic E-state index is -0.602. The highest BCUT2D eigenvalue weighted by Gasteiger charge is 2.32. The molecule has 1 amide bonds. The standard InChI is InChI=1S/C16H19NO5/c1-2-21-16(20)11-22-15(19)10-17-9-13(8-14(17)18)12-6-4-3-5-7-12/h3-7,13H,2,8-11H2,1H3. The van der Waals surface area contributed by atoms with Gasteiger partial charge in [0.15, 0.2) is 6.61 Å². The number of esters is 2. The molecule has 1 aromatic carbocycles. The molecule has 0 aliphatic carbocycles. The number of benzene rings is 1. The zero-order valence-electron chi connectivity index (χ0n) is 12.5. The van der Waals surface area contributed by atoms with Crippen molar-refractivity contribution in [2.45, 2.75) is 19.3 Å². The van der Waals surface area contributed by atoms with Crippen molar-refractivity contribution < 1.29 is 23.9 Å². The molecule has 0 N–H and O–H groups in total. The van der Waals surface area contributed by atoms with E-state index in [2.05, 4.69) is 4.74 Å². The minimum absolute atomic E-state index is 0.0815.